The number of hydrogen-bond donors (Lipinski definition) is 0. The maximum absolute atomic E-state index is 6.04. The van der Waals surface area contributed by atoms with Gasteiger partial charge in [0.1, 0.15) is 0 Å². The van der Waals surface area contributed by atoms with E-state index in [-0.39, 0.29) is 12.2 Å². The summed E-state index contributed by atoms with van der Waals surface area (Å²) in [5, 5.41) is 0. The van der Waals surface area contributed by atoms with Gasteiger partial charge in [-0.25, -0.2) is 0 Å². The lowest BCUT2D eigenvalue weighted by Gasteiger charge is -2.16. The topological polar surface area (TPSA) is 9.23 Å². The molecule has 2 heterocycles. The van der Waals surface area contributed by atoms with Crippen LogP contribution in [0.3, 0.4) is 0 Å². The Hall–Kier alpha value is -2.04. The number of rotatable bonds is 0. The predicted molar refractivity (Wildman–Crippen MR) is 74.4 cm³/mol. The molecule has 2 unspecified atom stereocenters. The van der Waals surface area contributed by atoms with Gasteiger partial charge < -0.3 is 4.74 Å². The second-order valence-corrected chi connectivity index (χ2v) is 5.15. The van der Waals surface area contributed by atoms with Gasteiger partial charge in [-0.3, -0.25) is 0 Å². The summed E-state index contributed by atoms with van der Waals surface area (Å²) in [5.74, 6) is 7.00. The van der Waals surface area contributed by atoms with E-state index >= 15 is 0 Å². The molecule has 1 fully saturated rings. The first-order chi connectivity index (χ1) is 9.42. The molecule has 1 nitrogen and oxygen atoms in total. The molecule has 0 spiro atoms. The maximum Gasteiger partial charge on any atom is 0.0975 e. The Morgan fingerprint density at radius 2 is 1.63 bits per heavy atom. The summed E-state index contributed by atoms with van der Waals surface area (Å²) in [6, 6.07) is 18.7. The normalized spacial score (nSPS) is 26.6. The Labute approximate surface area is 113 Å². The maximum atomic E-state index is 6.04. The monoisotopic (exact) mass is 246 g/mol. The molecule has 2 aromatic rings. The quantitative estimate of drug-likeness (QED) is 0.641. The molecule has 1 saturated heterocycles. The van der Waals surface area contributed by atoms with Gasteiger partial charge in [0.2, 0.25) is 0 Å². The van der Waals surface area contributed by atoms with Crippen molar-refractivity contribution in [1.29, 1.82) is 0 Å². The highest BCUT2D eigenvalue weighted by Crippen LogP contribution is 2.53. The van der Waals surface area contributed by atoms with E-state index in [1.54, 1.807) is 0 Å². The van der Waals surface area contributed by atoms with E-state index in [2.05, 4.69) is 48.2 Å². The van der Waals surface area contributed by atoms with Crippen molar-refractivity contribution in [3.8, 4) is 11.8 Å². The molecule has 4 rings (SSSR count). The van der Waals surface area contributed by atoms with Crippen molar-refractivity contribution < 1.29 is 4.74 Å². The first-order valence-corrected chi connectivity index (χ1v) is 6.73. The fraction of sp³-hybridized carbons (Fsp3) is 0.222. The van der Waals surface area contributed by atoms with Gasteiger partial charge in [-0.1, -0.05) is 54.3 Å². The van der Waals surface area contributed by atoms with Crippen molar-refractivity contribution in [2.24, 2.45) is 5.92 Å². The van der Waals surface area contributed by atoms with Gasteiger partial charge in [0.25, 0.3) is 0 Å². The van der Waals surface area contributed by atoms with Crippen LogP contribution in [0.2, 0.25) is 0 Å². The second-order valence-electron chi connectivity index (χ2n) is 5.15. The van der Waals surface area contributed by atoms with Crippen LogP contribution in [0.4, 0.5) is 0 Å². The highest BCUT2D eigenvalue weighted by Gasteiger charge is 2.44. The van der Waals surface area contributed by atoms with Crippen molar-refractivity contribution >= 4 is 0 Å². The van der Waals surface area contributed by atoms with E-state index in [9.17, 15) is 0 Å². The van der Waals surface area contributed by atoms with Gasteiger partial charge in [0, 0.05) is 5.56 Å². The number of hydrogen-bond acceptors (Lipinski definition) is 1. The summed E-state index contributed by atoms with van der Waals surface area (Å²) in [6.45, 7) is 0. The minimum atomic E-state index is 0.178. The van der Waals surface area contributed by atoms with Crippen LogP contribution in [-0.4, -0.2) is 0 Å². The molecule has 0 amide bonds. The van der Waals surface area contributed by atoms with Crippen LogP contribution < -0.4 is 0 Å². The van der Waals surface area contributed by atoms with E-state index in [0.717, 1.165) is 12.0 Å². The standard InChI is InChI=1S/C18H14O/c1-2-6-13(7-3-1)10-11-14-12-17-15-8-4-5-9-16(15)18(14)19-17/h1-9,14,17-18H,12H2/t14-,17?,18?/m1/s1. The van der Waals surface area contributed by atoms with Gasteiger partial charge in [-0.2, -0.15) is 0 Å². The van der Waals surface area contributed by atoms with E-state index in [1.807, 2.05) is 18.2 Å². The van der Waals surface area contributed by atoms with Crippen LogP contribution >= 0.6 is 0 Å². The van der Waals surface area contributed by atoms with E-state index in [1.165, 1.54) is 11.1 Å². The smallest absolute Gasteiger partial charge is 0.0975 e. The first-order valence-electron chi connectivity index (χ1n) is 6.73. The summed E-state index contributed by atoms with van der Waals surface area (Å²) in [6.07, 6.45) is 1.47. The molecule has 92 valence electrons. The SMILES string of the molecule is C(#C[C@@H]1CC2OC1c1ccccc12)c1ccccc1. The molecule has 2 bridgehead atoms. The lowest BCUT2D eigenvalue weighted by Crippen LogP contribution is -2.08. The van der Waals surface area contributed by atoms with Gasteiger partial charge in [0.15, 0.2) is 0 Å². The third kappa shape index (κ3) is 1.77. The molecule has 2 aliphatic heterocycles. The van der Waals surface area contributed by atoms with Crippen LogP contribution in [0.5, 0.6) is 0 Å². The van der Waals surface area contributed by atoms with Crippen molar-refractivity contribution in [3.63, 3.8) is 0 Å². The molecule has 0 N–H and O–H groups in total. The third-order valence-electron chi connectivity index (χ3n) is 3.97. The lowest BCUT2D eigenvalue weighted by molar-refractivity contribution is 0.0657. The summed E-state index contributed by atoms with van der Waals surface area (Å²) >= 11 is 0. The Bertz CT molecular complexity index is 663. The minimum Gasteiger partial charge on any atom is -0.364 e. The molecular weight excluding hydrogens is 232 g/mol. The van der Waals surface area contributed by atoms with Crippen molar-refractivity contribution in [1.82, 2.24) is 0 Å². The van der Waals surface area contributed by atoms with Crippen LogP contribution in [0.25, 0.3) is 0 Å². The highest BCUT2D eigenvalue weighted by atomic mass is 16.5. The van der Waals surface area contributed by atoms with Crippen LogP contribution in [0.15, 0.2) is 54.6 Å². The fourth-order valence-electron chi connectivity index (χ4n) is 3.07. The molecule has 0 saturated carbocycles. The first kappa shape index (κ1) is 10.8. The summed E-state index contributed by atoms with van der Waals surface area (Å²) in [5.41, 5.74) is 3.79. The zero-order valence-electron chi connectivity index (χ0n) is 10.5. The molecule has 1 heteroatoms. The lowest BCUT2D eigenvalue weighted by atomic mass is 9.84. The zero-order valence-corrected chi connectivity index (χ0v) is 10.5. The molecule has 0 radical (unpaired) electrons. The van der Waals surface area contributed by atoms with Crippen LogP contribution in [0.1, 0.15) is 35.3 Å². The zero-order chi connectivity index (χ0) is 12.7. The van der Waals surface area contributed by atoms with Crippen LogP contribution in [-0.2, 0) is 4.74 Å². The molecule has 3 atom stereocenters. The Kier molecular flexibility index (Phi) is 2.43. The van der Waals surface area contributed by atoms with E-state index < -0.39 is 0 Å². The number of benzene rings is 2. The van der Waals surface area contributed by atoms with Gasteiger partial charge in [0.05, 0.1) is 18.1 Å². The molecule has 0 aliphatic carbocycles. The average molecular weight is 246 g/mol. The van der Waals surface area contributed by atoms with Gasteiger partial charge >= 0.3 is 0 Å². The predicted octanol–water partition coefficient (Wildman–Crippen LogP) is 3.87. The third-order valence-corrected chi connectivity index (χ3v) is 3.97. The minimum absolute atomic E-state index is 0.178. The molecular formula is C18H14O. The van der Waals surface area contributed by atoms with E-state index in [0.29, 0.717) is 5.92 Å². The molecule has 0 aromatic heterocycles. The van der Waals surface area contributed by atoms with Gasteiger partial charge in [-0.05, 0) is 29.7 Å². The van der Waals surface area contributed by atoms with Crippen molar-refractivity contribution in [2.45, 2.75) is 18.6 Å². The van der Waals surface area contributed by atoms with Gasteiger partial charge in [-0.15, -0.1) is 0 Å². The Morgan fingerprint density at radius 1 is 0.895 bits per heavy atom. The largest absolute Gasteiger partial charge is 0.364 e. The van der Waals surface area contributed by atoms with Crippen molar-refractivity contribution in [2.75, 3.05) is 0 Å². The molecule has 2 aliphatic rings. The Morgan fingerprint density at radius 3 is 2.47 bits per heavy atom. The average Bonchev–Trinajstić information content (AvgIpc) is 3.05. The molecule has 19 heavy (non-hydrogen) atoms. The summed E-state index contributed by atoms with van der Waals surface area (Å²) in [7, 11) is 0. The summed E-state index contributed by atoms with van der Waals surface area (Å²) in [4.78, 5) is 0. The van der Waals surface area contributed by atoms with Crippen molar-refractivity contribution in [3.05, 3.63) is 71.3 Å². The van der Waals surface area contributed by atoms with Crippen LogP contribution in [0, 0.1) is 17.8 Å². The Balaban J connectivity index is 1.63. The number of ether oxygens (including phenoxy) is 1. The second kappa shape index (κ2) is 4.26. The fourth-order valence-corrected chi connectivity index (χ4v) is 3.07. The highest BCUT2D eigenvalue weighted by molar-refractivity contribution is 5.41. The number of fused-ring (bicyclic) bond motifs is 5. The van der Waals surface area contributed by atoms with E-state index in [4.69, 9.17) is 4.74 Å². The molecule has 2 aromatic carbocycles. The summed E-state index contributed by atoms with van der Waals surface area (Å²) < 4.78 is 6.04.